The Hall–Kier alpha value is -2.14. The lowest BCUT2D eigenvalue weighted by Crippen LogP contribution is -2.04. The molecule has 5 heteroatoms. The van der Waals surface area contributed by atoms with Crippen LogP contribution < -0.4 is 9.47 Å². The first-order valence-corrected chi connectivity index (χ1v) is 6.84. The molecule has 0 radical (unpaired) electrons. The molecule has 0 spiro atoms. The molecule has 1 aromatic heterocycles. The van der Waals surface area contributed by atoms with E-state index in [4.69, 9.17) is 9.47 Å². The van der Waals surface area contributed by atoms with Crippen molar-refractivity contribution in [3.63, 3.8) is 0 Å². The normalized spacial score (nSPS) is 10.8. The Morgan fingerprint density at radius 1 is 1.19 bits per heavy atom. The molecule has 1 heterocycles. The zero-order chi connectivity index (χ0) is 15.4. The monoisotopic (exact) mass is 288 g/mol. The molecule has 1 aromatic carbocycles. The van der Waals surface area contributed by atoms with E-state index in [2.05, 4.69) is 9.97 Å². The average molecular weight is 288 g/mol. The van der Waals surface area contributed by atoms with Crippen molar-refractivity contribution < 1.29 is 14.6 Å². The second kappa shape index (κ2) is 6.54. The van der Waals surface area contributed by atoms with Gasteiger partial charge in [0, 0.05) is 5.92 Å². The summed E-state index contributed by atoms with van der Waals surface area (Å²) < 4.78 is 11.1. The van der Waals surface area contributed by atoms with Gasteiger partial charge in [0.05, 0.1) is 19.9 Å². The SMILES string of the molecule is COc1cc(C)ccc1Oc1cnc(C(C)C)nc1CO. The fraction of sp³-hybridized carbons (Fsp3) is 0.375. The van der Waals surface area contributed by atoms with Crippen molar-refractivity contribution in [1.82, 2.24) is 9.97 Å². The first-order valence-electron chi connectivity index (χ1n) is 6.84. The molecule has 1 N–H and O–H groups in total. The van der Waals surface area contributed by atoms with E-state index in [-0.39, 0.29) is 12.5 Å². The van der Waals surface area contributed by atoms with Crippen LogP contribution in [0.3, 0.4) is 0 Å². The molecular weight excluding hydrogens is 268 g/mol. The van der Waals surface area contributed by atoms with E-state index in [0.717, 1.165) is 5.56 Å². The molecule has 0 aliphatic heterocycles. The van der Waals surface area contributed by atoms with Gasteiger partial charge in [0.25, 0.3) is 0 Å². The van der Waals surface area contributed by atoms with Crippen LogP contribution in [0.15, 0.2) is 24.4 Å². The van der Waals surface area contributed by atoms with Crippen LogP contribution in [0.25, 0.3) is 0 Å². The van der Waals surface area contributed by atoms with Crippen molar-refractivity contribution in [1.29, 1.82) is 0 Å². The van der Waals surface area contributed by atoms with Gasteiger partial charge in [-0.25, -0.2) is 9.97 Å². The molecule has 2 rings (SSSR count). The Balaban J connectivity index is 2.35. The number of ether oxygens (including phenoxy) is 2. The summed E-state index contributed by atoms with van der Waals surface area (Å²) in [5.74, 6) is 2.51. The molecule has 0 aliphatic carbocycles. The molecule has 0 saturated carbocycles. The Labute approximate surface area is 124 Å². The van der Waals surface area contributed by atoms with Crippen molar-refractivity contribution >= 4 is 0 Å². The van der Waals surface area contributed by atoms with Crippen LogP contribution in [0.2, 0.25) is 0 Å². The molecular formula is C16H20N2O3. The van der Waals surface area contributed by atoms with E-state index in [9.17, 15) is 5.11 Å². The molecule has 0 amide bonds. The van der Waals surface area contributed by atoms with E-state index in [1.54, 1.807) is 13.3 Å². The average Bonchev–Trinajstić information content (AvgIpc) is 2.49. The van der Waals surface area contributed by atoms with Crippen LogP contribution in [0.1, 0.15) is 36.8 Å². The summed E-state index contributed by atoms with van der Waals surface area (Å²) in [6.07, 6.45) is 1.59. The standard InChI is InChI=1S/C16H20N2O3/c1-10(2)16-17-8-15(12(9-19)18-16)21-13-6-5-11(3)7-14(13)20-4/h5-8,10,19H,9H2,1-4H3. The molecule has 0 fully saturated rings. The quantitative estimate of drug-likeness (QED) is 0.915. The Morgan fingerprint density at radius 2 is 1.95 bits per heavy atom. The van der Waals surface area contributed by atoms with Gasteiger partial charge in [0.1, 0.15) is 11.5 Å². The van der Waals surface area contributed by atoms with Gasteiger partial charge >= 0.3 is 0 Å². The number of benzene rings is 1. The number of aromatic nitrogens is 2. The predicted molar refractivity (Wildman–Crippen MR) is 79.8 cm³/mol. The molecule has 0 unspecified atom stereocenters. The van der Waals surface area contributed by atoms with Gasteiger partial charge in [-0.2, -0.15) is 0 Å². The van der Waals surface area contributed by atoms with Crippen LogP contribution >= 0.6 is 0 Å². The van der Waals surface area contributed by atoms with Crippen LogP contribution in [0.4, 0.5) is 0 Å². The number of hydrogen-bond acceptors (Lipinski definition) is 5. The van der Waals surface area contributed by atoms with E-state index < -0.39 is 0 Å². The second-order valence-electron chi connectivity index (χ2n) is 5.11. The highest BCUT2D eigenvalue weighted by Gasteiger charge is 2.13. The summed E-state index contributed by atoms with van der Waals surface area (Å²) in [5.41, 5.74) is 1.55. The fourth-order valence-corrected chi connectivity index (χ4v) is 1.88. The molecule has 112 valence electrons. The van der Waals surface area contributed by atoms with Crippen molar-refractivity contribution in [2.75, 3.05) is 7.11 Å². The van der Waals surface area contributed by atoms with Gasteiger partial charge in [-0.05, 0) is 24.6 Å². The number of hydrogen-bond donors (Lipinski definition) is 1. The van der Waals surface area contributed by atoms with Gasteiger partial charge in [-0.1, -0.05) is 19.9 Å². The summed E-state index contributed by atoms with van der Waals surface area (Å²) in [6, 6.07) is 5.64. The van der Waals surface area contributed by atoms with Crippen LogP contribution in [-0.2, 0) is 6.61 Å². The summed E-state index contributed by atoms with van der Waals surface area (Å²) in [5, 5.41) is 9.47. The summed E-state index contributed by atoms with van der Waals surface area (Å²) in [7, 11) is 1.59. The lowest BCUT2D eigenvalue weighted by Gasteiger charge is -2.14. The van der Waals surface area contributed by atoms with E-state index in [0.29, 0.717) is 28.8 Å². The van der Waals surface area contributed by atoms with Crippen molar-refractivity contribution in [2.24, 2.45) is 0 Å². The minimum atomic E-state index is -0.203. The highest BCUT2D eigenvalue weighted by Crippen LogP contribution is 2.33. The zero-order valence-electron chi connectivity index (χ0n) is 12.8. The number of aliphatic hydroxyl groups excluding tert-OH is 1. The number of aryl methyl sites for hydroxylation is 1. The molecule has 2 aromatic rings. The highest BCUT2D eigenvalue weighted by molar-refractivity contribution is 5.45. The first kappa shape index (κ1) is 15.3. The fourth-order valence-electron chi connectivity index (χ4n) is 1.88. The largest absolute Gasteiger partial charge is 0.493 e. The minimum absolute atomic E-state index is 0.193. The maximum absolute atomic E-state index is 9.47. The van der Waals surface area contributed by atoms with Crippen molar-refractivity contribution in [3.05, 3.63) is 41.5 Å². The third-order valence-corrected chi connectivity index (χ3v) is 3.05. The lowest BCUT2D eigenvalue weighted by molar-refractivity contribution is 0.269. The van der Waals surface area contributed by atoms with Crippen LogP contribution in [0, 0.1) is 6.92 Å². The third kappa shape index (κ3) is 3.49. The lowest BCUT2D eigenvalue weighted by atomic mass is 10.2. The van der Waals surface area contributed by atoms with Gasteiger partial charge in [-0.15, -0.1) is 0 Å². The van der Waals surface area contributed by atoms with Crippen LogP contribution in [-0.4, -0.2) is 22.2 Å². The van der Waals surface area contributed by atoms with Crippen molar-refractivity contribution in [2.45, 2.75) is 33.3 Å². The Morgan fingerprint density at radius 3 is 2.57 bits per heavy atom. The topological polar surface area (TPSA) is 64.5 Å². The third-order valence-electron chi connectivity index (χ3n) is 3.05. The summed E-state index contributed by atoms with van der Waals surface area (Å²) in [4.78, 5) is 8.60. The molecule has 0 aliphatic rings. The second-order valence-corrected chi connectivity index (χ2v) is 5.11. The number of methoxy groups -OCH3 is 1. The Bertz CT molecular complexity index is 627. The summed E-state index contributed by atoms with van der Waals surface area (Å²) >= 11 is 0. The maximum atomic E-state index is 9.47. The molecule has 0 bridgehead atoms. The van der Waals surface area contributed by atoms with Gasteiger partial charge in [0.15, 0.2) is 17.2 Å². The van der Waals surface area contributed by atoms with E-state index in [1.807, 2.05) is 39.0 Å². The van der Waals surface area contributed by atoms with E-state index >= 15 is 0 Å². The van der Waals surface area contributed by atoms with Gasteiger partial charge in [-0.3, -0.25) is 0 Å². The number of aliphatic hydroxyl groups is 1. The highest BCUT2D eigenvalue weighted by atomic mass is 16.5. The number of nitrogens with zero attached hydrogens (tertiary/aromatic N) is 2. The van der Waals surface area contributed by atoms with E-state index in [1.165, 1.54) is 0 Å². The smallest absolute Gasteiger partial charge is 0.169 e. The number of rotatable bonds is 5. The predicted octanol–water partition coefficient (Wildman–Crippen LogP) is 3.20. The van der Waals surface area contributed by atoms with Crippen molar-refractivity contribution in [3.8, 4) is 17.2 Å². The minimum Gasteiger partial charge on any atom is -0.493 e. The van der Waals surface area contributed by atoms with Gasteiger partial charge < -0.3 is 14.6 Å². The molecule has 0 atom stereocenters. The maximum Gasteiger partial charge on any atom is 0.169 e. The summed E-state index contributed by atoms with van der Waals surface area (Å²) in [6.45, 7) is 5.78. The molecule has 21 heavy (non-hydrogen) atoms. The Kier molecular flexibility index (Phi) is 4.75. The molecule has 0 saturated heterocycles. The zero-order valence-corrected chi connectivity index (χ0v) is 12.8. The first-order chi connectivity index (χ1) is 10.0. The van der Waals surface area contributed by atoms with Gasteiger partial charge in [0.2, 0.25) is 0 Å². The molecule has 5 nitrogen and oxygen atoms in total. The van der Waals surface area contributed by atoms with Crippen LogP contribution in [0.5, 0.6) is 17.2 Å².